The summed E-state index contributed by atoms with van der Waals surface area (Å²) in [5.74, 6) is 0. The Bertz CT molecular complexity index is 378. The molecule has 0 aliphatic carbocycles. The van der Waals surface area contributed by atoms with Crippen molar-refractivity contribution in [3.8, 4) is 0 Å². The first-order valence-corrected chi connectivity index (χ1v) is 5.46. The number of aryl methyl sites for hydroxylation is 1. The number of aromatic nitrogens is 2. The van der Waals surface area contributed by atoms with Gasteiger partial charge in [0.05, 0.1) is 6.20 Å². The highest BCUT2D eigenvalue weighted by Crippen LogP contribution is 2.08. The standard InChI is InChI=1S/C10H13N3S/c1-8-9(6-12-13-8)5-11-7-10-3-2-4-14-10/h2-4,6,11H,5,7H2,1H3,(H,12,13). The van der Waals surface area contributed by atoms with E-state index in [0.29, 0.717) is 0 Å². The minimum Gasteiger partial charge on any atom is -0.308 e. The zero-order valence-corrected chi connectivity index (χ0v) is 8.90. The van der Waals surface area contributed by atoms with E-state index < -0.39 is 0 Å². The molecule has 0 spiro atoms. The van der Waals surface area contributed by atoms with Crippen LogP contribution >= 0.6 is 11.3 Å². The van der Waals surface area contributed by atoms with Gasteiger partial charge in [-0.15, -0.1) is 11.3 Å². The van der Waals surface area contributed by atoms with Gasteiger partial charge < -0.3 is 5.32 Å². The molecule has 0 fully saturated rings. The van der Waals surface area contributed by atoms with Gasteiger partial charge in [0.2, 0.25) is 0 Å². The van der Waals surface area contributed by atoms with E-state index in [1.54, 1.807) is 11.3 Å². The van der Waals surface area contributed by atoms with Crippen molar-refractivity contribution in [2.45, 2.75) is 20.0 Å². The summed E-state index contributed by atoms with van der Waals surface area (Å²) in [6.45, 7) is 3.84. The fourth-order valence-corrected chi connectivity index (χ4v) is 1.96. The van der Waals surface area contributed by atoms with Gasteiger partial charge in [-0.2, -0.15) is 5.10 Å². The van der Waals surface area contributed by atoms with E-state index in [9.17, 15) is 0 Å². The van der Waals surface area contributed by atoms with E-state index in [4.69, 9.17) is 0 Å². The minimum absolute atomic E-state index is 0.875. The molecule has 0 aliphatic rings. The summed E-state index contributed by atoms with van der Waals surface area (Å²) in [4.78, 5) is 1.37. The van der Waals surface area contributed by atoms with Crippen LogP contribution < -0.4 is 5.32 Å². The summed E-state index contributed by atoms with van der Waals surface area (Å²) in [6, 6.07) is 4.21. The number of hydrogen-bond donors (Lipinski definition) is 2. The predicted octanol–water partition coefficient (Wildman–Crippen LogP) is 2.07. The van der Waals surface area contributed by atoms with E-state index in [2.05, 4.69) is 33.0 Å². The number of thiophene rings is 1. The molecule has 2 aromatic rings. The van der Waals surface area contributed by atoms with Gasteiger partial charge in [0, 0.05) is 29.2 Å². The van der Waals surface area contributed by atoms with Crippen LogP contribution in [0.5, 0.6) is 0 Å². The Hall–Kier alpha value is -1.13. The van der Waals surface area contributed by atoms with Crippen molar-refractivity contribution < 1.29 is 0 Å². The number of rotatable bonds is 4. The highest BCUT2D eigenvalue weighted by atomic mass is 32.1. The van der Waals surface area contributed by atoms with E-state index >= 15 is 0 Å². The molecule has 0 unspecified atom stereocenters. The normalized spacial score (nSPS) is 10.6. The molecule has 0 bridgehead atoms. The van der Waals surface area contributed by atoms with Gasteiger partial charge in [-0.3, -0.25) is 5.10 Å². The highest BCUT2D eigenvalue weighted by molar-refractivity contribution is 7.09. The minimum atomic E-state index is 0.875. The van der Waals surface area contributed by atoms with E-state index in [1.165, 1.54) is 10.4 Å². The van der Waals surface area contributed by atoms with Crippen LogP contribution in [-0.4, -0.2) is 10.2 Å². The molecular weight excluding hydrogens is 194 g/mol. The van der Waals surface area contributed by atoms with Crippen LogP contribution in [0.1, 0.15) is 16.1 Å². The lowest BCUT2D eigenvalue weighted by molar-refractivity contribution is 0.698. The second-order valence-electron chi connectivity index (χ2n) is 3.20. The molecule has 0 atom stereocenters. The van der Waals surface area contributed by atoms with Gasteiger partial charge >= 0.3 is 0 Å². The third kappa shape index (κ3) is 2.21. The molecule has 3 nitrogen and oxygen atoms in total. The average Bonchev–Trinajstić information content (AvgIpc) is 2.78. The van der Waals surface area contributed by atoms with Crippen molar-refractivity contribution in [3.63, 3.8) is 0 Å². The van der Waals surface area contributed by atoms with Crippen LogP contribution in [0, 0.1) is 6.92 Å². The Labute approximate surface area is 87.2 Å². The van der Waals surface area contributed by atoms with Crippen molar-refractivity contribution in [2.75, 3.05) is 0 Å². The van der Waals surface area contributed by atoms with Crippen LogP contribution in [-0.2, 0) is 13.1 Å². The third-order valence-corrected chi connectivity index (χ3v) is 3.01. The van der Waals surface area contributed by atoms with Crippen molar-refractivity contribution in [2.24, 2.45) is 0 Å². The van der Waals surface area contributed by atoms with E-state index in [-0.39, 0.29) is 0 Å². The summed E-state index contributed by atoms with van der Waals surface area (Å²) >= 11 is 1.78. The molecule has 2 N–H and O–H groups in total. The Morgan fingerprint density at radius 2 is 2.43 bits per heavy atom. The maximum Gasteiger partial charge on any atom is 0.0535 e. The number of hydrogen-bond acceptors (Lipinski definition) is 3. The molecule has 14 heavy (non-hydrogen) atoms. The zero-order valence-electron chi connectivity index (χ0n) is 8.08. The molecule has 0 aromatic carbocycles. The fraction of sp³-hybridized carbons (Fsp3) is 0.300. The Morgan fingerprint density at radius 1 is 1.50 bits per heavy atom. The van der Waals surface area contributed by atoms with Gasteiger partial charge in [-0.25, -0.2) is 0 Å². The molecule has 4 heteroatoms. The van der Waals surface area contributed by atoms with Gasteiger partial charge in [0.1, 0.15) is 0 Å². The molecular formula is C10H13N3S. The topological polar surface area (TPSA) is 40.7 Å². The van der Waals surface area contributed by atoms with Crippen molar-refractivity contribution in [3.05, 3.63) is 39.8 Å². The van der Waals surface area contributed by atoms with Crippen LogP contribution in [0.25, 0.3) is 0 Å². The Morgan fingerprint density at radius 3 is 3.07 bits per heavy atom. The van der Waals surface area contributed by atoms with Crippen molar-refractivity contribution in [1.29, 1.82) is 0 Å². The lowest BCUT2D eigenvalue weighted by Crippen LogP contribution is -2.11. The number of nitrogens with zero attached hydrogens (tertiary/aromatic N) is 1. The second-order valence-corrected chi connectivity index (χ2v) is 4.24. The van der Waals surface area contributed by atoms with Crippen LogP contribution in [0.3, 0.4) is 0 Å². The molecule has 2 aromatic heterocycles. The van der Waals surface area contributed by atoms with E-state index in [1.807, 2.05) is 13.1 Å². The third-order valence-electron chi connectivity index (χ3n) is 2.13. The highest BCUT2D eigenvalue weighted by Gasteiger charge is 1.99. The molecule has 2 heterocycles. The van der Waals surface area contributed by atoms with Crippen molar-refractivity contribution >= 4 is 11.3 Å². The van der Waals surface area contributed by atoms with E-state index in [0.717, 1.165) is 18.8 Å². The van der Waals surface area contributed by atoms with Crippen LogP contribution in [0.2, 0.25) is 0 Å². The monoisotopic (exact) mass is 207 g/mol. The molecule has 0 saturated carbocycles. The smallest absolute Gasteiger partial charge is 0.0535 e. The quantitative estimate of drug-likeness (QED) is 0.805. The largest absolute Gasteiger partial charge is 0.308 e. The first-order chi connectivity index (χ1) is 6.86. The molecule has 2 rings (SSSR count). The Kier molecular flexibility index (Phi) is 2.96. The SMILES string of the molecule is Cc1[nH]ncc1CNCc1cccs1. The predicted molar refractivity (Wildman–Crippen MR) is 58.2 cm³/mol. The summed E-state index contributed by atoms with van der Waals surface area (Å²) in [5, 5.41) is 12.4. The van der Waals surface area contributed by atoms with Gasteiger partial charge in [0.15, 0.2) is 0 Å². The summed E-state index contributed by atoms with van der Waals surface area (Å²) in [7, 11) is 0. The number of aromatic amines is 1. The number of nitrogens with one attached hydrogen (secondary N) is 2. The fourth-order valence-electron chi connectivity index (χ4n) is 1.29. The molecule has 0 amide bonds. The molecule has 74 valence electrons. The maximum absolute atomic E-state index is 3.97. The molecule has 0 aliphatic heterocycles. The van der Waals surface area contributed by atoms with Gasteiger partial charge in [0.25, 0.3) is 0 Å². The zero-order chi connectivity index (χ0) is 9.80. The Balaban J connectivity index is 1.81. The lowest BCUT2D eigenvalue weighted by atomic mass is 10.2. The van der Waals surface area contributed by atoms with Crippen LogP contribution in [0.4, 0.5) is 0 Å². The average molecular weight is 207 g/mol. The summed E-state index contributed by atoms with van der Waals surface area (Å²) in [6.07, 6.45) is 1.87. The van der Waals surface area contributed by atoms with Crippen LogP contribution in [0.15, 0.2) is 23.7 Å². The summed E-state index contributed by atoms with van der Waals surface area (Å²) < 4.78 is 0. The van der Waals surface area contributed by atoms with Gasteiger partial charge in [-0.05, 0) is 18.4 Å². The first-order valence-electron chi connectivity index (χ1n) is 4.58. The molecule has 0 radical (unpaired) electrons. The van der Waals surface area contributed by atoms with Gasteiger partial charge in [-0.1, -0.05) is 6.07 Å². The maximum atomic E-state index is 3.97. The van der Waals surface area contributed by atoms with Crippen molar-refractivity contribution in [1.82, 2.24) is 15.5 Å². The second kappa shape index (κ2) is 4.39. The lowest BCUT2D eigenvalue weighted by Gasteiger charge is -2.01. The molecule has 0 saturated heterocycles. The summed E-state index contributed by atoms with van der Waals surface area (Å²) in [5.41, 5.74) is 2.38. The first kappa shape index (κ1) is 9.43. The number of H-pyrrole nitrogens is 1.